The standard InChI is InChI=1S/C13H21N/c1-2-11-14-12-7-6-10-13-8-4-3-5-9-13/h3-5,8-9,14H,2,6-7,10-12H2,1H3. The smallest absolute Gasteiger partial charge is 0.00488 e. The number of hydrogen-bond acceptors (Lipinski definition) is 1. The van der Waals surface area contributed by atoms with Gasteiger partial charge in [0.05, 0.1) is 0 Å². The molecular formula is C13H21N. The highest BCUT2D eigenvalue weighted by molar-refractivity contribution is 5.14. The zero-order chi connectivity index (χ0) is 10.1. The molecule has 0 aliphatic carbocycles. The second kappa shape index (κ2) is 7.57. The normalized spacial score (nSPS) is 10.4. The first-order chi connectivity index (χ1) is 6.93. The summed E-state index contributed by atoms with van der Waals surface area (Å²) in [6.45, 7) is 4.53. The van der Waals surface area contributed by atoms with E-state index in [0.29, 0.717) is 0 Å². The molecule has 1 rings (SSSR count). The summed E-state index contributed by atoms with van der Waals surface area (Å²) >= 11 is 0. The summed E-state index contributed by atoms with van der Waals surface area (Å²) in [6.07, 6.45) is 5.03. The fraction of sp³-hybridized carbons (Fsp3) is 0.538. The summed E-state index contributed by atoms with van der Waals surface area (Å²) in [5.74, 6) is 0. The molecule has 0 bridgehead atoms. The highest BCUT2D eigenvalue weighted by Gasteiger charge is 1.91. The minimum Gasteiger partial charge on any atom is -0.317 e. The third-order valence-corrected chi connectivity index (χ3v) is 2.34. The van der Waals surface area contributed by atoms with Gasteiger partial charge in [0.1, 0.15) is 0 Å². The van der Waals surface area contributed by atoms with Crippen molar-refractivity contribution in [1.82, 2.24) is 5.32 Å². The molecule has 0 unspecified atom stereocenters. The Balaban J connectivity index is 1.99. The van der Waals surface area contributed by atoms with E-state index in [-0.39, 0.29) is 0 Å². The Morgan fingerprint density at radius 3 is 2.50 bits per heavy atom. The Hall–Kier alpha value is -0.820. The van der Waals surface area contributed by atoms with Gasteiger partial charge in [-0.25, -0.2) is 0 Å². The van der Waals surface area contributed by atoms with Gasteiger partial charge in [-0.15, -0.1) is 0 Å². The van der Waals surface area contributed by atoms with E-state index in [1.54, 1.807) is 0 Å². The molecule has 0 aliphatic heterocycles. The topological polar surface area (TPSA) is 12.0 Å². The highest BCUT2D eigenvalue weighted by Crippen LogP contribution is 2.03. The molecule has 0 saturated heterocycles. The van der Waals surface area contributed by atoms with Crippen LogP contribution in [0.15, 0.2) is 30.3 Å². The number of hydrogen-bond donors (Lipinski definition) is 1. The van der Waals surface area contributed by atoms with Crippen LogP contribution in [0.2, 0.25) is 0 Å². The molecule has 0 aliphatic rings. The highest BCUT2D eigenvalue weighted by atomic mass is 14.8. The van der Waals surface area contributed by atoms with Gasteiger partial charge in [-0.05, 0) is 44.3 Å². The van der Waals surface area contributed by atoms with Crippen molar-refractivity contribution in [3.05, 3.63) is 35.9 Å². The number of benzene rings is 1. The van der Waals surface area contributed by atoms with Gasteiger partial charge in [-0.3, -0.25) is 0 Å². The lowest BCUT2D eigenvalue weighted by atomic mass is 10.1. The SMILES string of the molecule is CCCNCCCCc1ccccc1. The van der Waals surface area contributed by atoms with E-state index in [1.165, 1.54) is 37.8 Å². The fourth-order valence-electron chi connectivity index (χ4n) is 1.53. The van der Waals surface area contributed by atoms with Crippen molar-refractivity contribution < 1.29 is 0 Å². The maximum atomic E-state index is 3.42. The van der Waals surface area contributed by atoms with Gasteiger partial charge in [0.15, 0.2) is 0 Å². The van der Waals surface area contributed by atoms with Crippen molar-refractivity contribution in [2.45, 2.75) is 32.6 Å². The number of rotatable bonds is 7. The summed E-state index contributed by atoms with van der Waals surface area (Å²) < 4.78 is 0. The first kappa shape index (κ1) is 11.3. The second-order valence-corrected chi connectivity index (χ2v) is 3.69. The summed E-state index contributed by atoms with van der Waals surface area (Å²) in [7, 11) is 0. The second-order valence-electron chi connectivity index (χ2n) is 3.69. The molecule has 0 spiro atoms. The van der Waals surface area contributed by atoms with Crippen LogP contribution in [0.3, 0.4) is 0 Å². The van der Waals surface area contributed by atoms with Crippen LogP contribution in [0.1, 0.15) is 31.7 Å². The van der Waals surface area contributed by atoms with Crippen molar-refractivity contribution in [1.29, 1.82) is 0 Å². The lowest BCUT2D eigenvalue weighted by Crippen LogP contribution is -2.15. The molecule has 14 heavy (non-hydrogen) atoms. The monoisotopic (exact) mass is 191 g/mol. The lowest BCUT2D eigenvalue weighted by Gasteiger charge is -2.03. The molecule has 1 heteroatoms. The van der Waals surface area contributed by atoms with E-state index >= 15 is 0 Å². The quantitative estimate of drug-likeness (QED) is 0.653. The van der Waals surface area contributed by atoms with E-state index in [1.807, 2.05) is 0 Å². The molecule has 78 valence electrons. The van der Waals surface area contributed by atoms with Crippen LogP contribution in [0.5, 0.6) is 0 Å². The molecule has 1 nitrogen and oxygen atoms in total. The Kier molecular flexibility index (Phi) is 6.09. The van der Waals surface area contributed by atoms with E-state index in [2.05, 4.69) is 42.6 Å². The fourth-order valence-corrected chi connectivity index (χ4v) is 1.53. The first-order valence-electron chi connectivity index (χ1n) is 5.68. The van der Waals surface area contributed by atoms with Crippen LogP contribution < -0.4 is 5.32 Å². The molecule has 0 aromatic heterocycles. The predicted molar refractivity (Wildman–Crippen MR) is 62.5 cm³/mol. The van der Waals surface area contributed by atoms with Gasteiger partial charge in [0.2, 0.25) is 0 Å². The van der Waals surface area contributed by atoms with Crippen molar-refractivity contribution in [3.8, 4) is 0 Å². The third-order valence-electron chi connectivity index (χ3n) is 2.34. The average Bonchev–Trinajstić information content (AvgIpc) is 2.25. The number of aryl methyl sites for hydroxylation is 1. The van der Waals surface area contributed by atoms with Gasteiger partial charge in [0.25, 0.3) is 0 Å². The molecule has 1 aromatic rings. The lowest BCUT2D eigenvalue weighted by molar-refractivity contribution is 0.617. The van der Waals surface area contributed by atoms with E-state index < -0.39 is 0 Å². The number of nitrogens with one attached hydrogen (secondary N) is 1. The zero-order valence-corrected chi connectivity index (χ0v) is 9.13. The molecular weight excluding hydrogens is 170 g/mol. The number of unbranched alkanes of at least 4 members (excludes halogenated alkanes) is 1. The van der Waals surface area contributed by atoms with Gasteiger partial charge in [-0.2, -0.15) is 0 Å². The van der Waals surface area contributed by atoms with E-state index in [0.717, 1.165) is 6.54 Å². The molecule has 1 N–H and O–H groups in total. The van der Waals surface area contributed by atoms with E-state index in [4.69, 9.17) is 0 Å². The summed E-state index contributed by atoms with van der Waals surface area (Å²) in [5, 5.41) is 3.42. The maximum absolute atomic E-state index is 3.42. The Morgan fingerprint density at radius 2 is 1.79 bits per heavy atom. The minimum atomic E-state index is 1.16. The predicted octanol–water partition coefficient (Wildman–Crippen LogP) is 3.01. The Labute approximate surface area is 87.5 Å². The van der Waals surface area contributed by atoms with Gasteiger partial charge in [0, 0.05) is 0 Å². The Bertz CT molecular complexity index is 218. The van der Waals surface area contributed by atoms with Crippen molar-refractivity contribution in [3.63, 3.8) is 0 Å². The molecule has 0 radical (unpaired) electrons. The van der Waals surface area contributed by atoms with Crippen LogP contribution in [0, 0.1) is 0 Å². The molecule has 0 amide bonds. The van der Waals surface area contributed by atoms with Gasteiger partial charge < -0.3 is 5.32 Å². The van der Waals surface area contributed by atoms with Crippen molar-refractivity contribution in [2.75, 3.05) is 13.1 Å². The molecule has 0 saturated carbocycles. The largest absolute Gasteiger partial charge is 0.317 e. The van der Waals surface area contributed by atoms with Crippen LogP contribution in [-0.2, 0) is 6.42 Å². The summed E-state index contributed by atoms with van der Waals surface area (Å²) in [4.78, 5) is 0. The third kappa shape index (κ3) is 5.03. The van der Waals surface area contributed by atoms with E-state index in [9.17, 15) is 0 Å². The molecule has 1 aromatic carbocycles. The van der Waals surface area contributed by atoms with Crippen LogP contribution >= 0.6 is 0 Å². The Morgan fingerprint density at radius 1 is 1.00 bits per heavy atom. The van der Waals surface area contributed by atoms with Crippen LogP contribution in [-0.4, -0.2) is 13.1 Å². The maximum Gasteiger partial charge on any atom is -0.00488 e. The molecule has 0 fully saturated rings. The summed E-state index contributed by atoms with van der Waals surface area (Å²) in [5.41, 5.74) is 1.46. The average molecular weight is 191 g/mol. The zero-order valence-electron chi connectivity index (χ0n) is 9.13. The van der Waals surface area contributed by atoms with Crippen molar-refractivity contribution >= 4 is 0 Å². The van der Waals surface area contributed by atoms with Crippen LogP contribution in [0.25, 0.3) is 0 Å². The van der Waals surface area contributed by atoms with Gasteiger partial charge >= 0.3 is 0 Å². The van der Waals surface area contributed by atoms with Crippen molar-refractivity contribution in [2.24, 2.45) is 0 Å². The summed E-state index contributed by atoms with van der Waals surface area (Å²) in [6, 6.07) is 10.7. The molecule has 0 heterocycles. The first-order valence-corrected chi connectivity index (χ1v) is 5.68. The minimum absolute atomic E-state index is 1.16. The van der Waals surface area contributed by atoms with Gasteiger partial charge in [-0.1, -0.05) is 37.3 Å². The molecule has 0 atom stereocenters. The van der Waals surface area contributed by atoms with Crippen LogP contribution in [0.4, 0.5) is 0 Å².